The molecule has 100 valence electrons. The Balaban J connectivity index is 2.31. The molecule has 0 aliphatic rings. The lowest BCUT2D eigenvalue weighted by Crippen LogP contribution is -2.31. The van der Waals surface area contributed by atoms with Gasteiger partial charge in [-0.1, -0.05) is 0 Å². The van der Waals surface area contributed by atoms with Crippen LogP contribution in [0.3, 0.4) is 0 Å². The van der Waals surface area contributed by atoms with E-state index in [0.717, 1.165) is 30.3 Å². The average Bonchev–Trinajstić information content (AvgIpc) is 2.27. The molecule has 0 atom stereocenters. The molecule has 1 heterocycles. The van der Waals surface area contributed by atoms with E-state index in [1.54, 1.807) is 11.8 Å². The molecule has 0 saturated carbocycles. The third-order valence-corrected chi connectivity index (χ3v) is 3.18. The predicted molar refractivity (Wildman–Crippen MR) is 77.7 cm³/mol. The lowest BCUT2D eigenvalue weighted by atomic mass is 10.2. The van der Waals surface area contributed by atoms with E-state index in [1.165, 1.54) is 5.56 Å². The first-order chi connectivity index (χ1) is 8.58. The van der Waals surface area contributed by atoms with Gasteiger partial charge in [0, 0.05) is 30.8 Å². The number of rotatable bonds is 7. The van der Waals surface area contributed by atoms with E-state index in [1.807, 2.05) is 12.3 Å². The summed E-state index contributed by atoms with van der Waals surface area (Å²) >= 11 is 1.79. The molecule has 0 fully saturated rings. The molecule has 6 heteroatoms. The lowest BCUT2D eigenvalue weighted by molar-refractivity contribution is 0.402. The average molecular weight is 267 g/mol. The molecule has 18 heavy (non-hydrogen) atoms. The van der Waals surface area contributed by atoms with Crippen LogP contribution < -0.4 is 11.1 Å². The number of nitrogens with two attached hydrogens (primary N) is 1. The van der Waals surface area contributed by atoms with Crippen LogP contribution in [0.4, 0.5) is 0 Å². The van der Waals surface area contributed by atoms with Crippen LogP contribution in [0.2, 0.25) is 0 Å². The van der Waals surface area contributed by atoms with Gasteiger partial charge in [-0.15, -0.1) is 0 Å². The molecule has 0 aromatic carbocycles. The van der Waals surface area contributed by atoms with Crippen LogP contribution in [-0.4, -0.2) is 42.2 Å². The molecule has 0 amide bonds. The fraction of sp³-hybridized carbons (Fsp3) is 0.500. The smallest absolute Gasteiger partial charge is 0.185 e. The summed E-state index contributed by atoms with van der Waals surface area (Å²) in [7, 11) is 4.12. The molecule has 0 bridgehead atoms. The SMILES string of the molecule is CN(C)Cc1ccnc(CSCCNC(=N)N)c1. The van der Waals surface area contributed by atoms with Crippen LogP contribution in [0.5, 0.6) is 0 Å². The highest BCUT2D eigenvalue weighted by Gasteiger charge is 1.99. The van der Waals surface area contributed by atoms with Gasteiger partial charge in [0.25, 0.3) is 0 Å². The lowest BCUT2D eigenvalue weighted by Gasteiger charge is -2.10. The zero-order chi connectivity index (χ0) is 13.4. The number of nitrogens with zero attached hydrogens (tertiary/aromatic N) is 2. The van der Waals surface area contributed by atoms with Gasteiger partial charge in [0.15, 0.2) is 5.96 Å². The molecule has 0 aliphatic carbocycles. The van der Waals surface area contributed by atoms with E-state index >= 15 is 0 Å². The first kappa shape index (κ1) is 14.8. The number of nitrogens with one attached hydrogen (secondary N) is 2. The van der Waals surface area contributed by atoms with Crippen LogP contribution in [0, 0.1) is 5.41 Å². The number of guanidine groups is 1. The first-order valence-electron chi connectivity index (χ1n) is 5.82. The van der Waals surface area contributed by atoms with Crippen molar-refractivity contribution in [2.24, 2.45) is 5.73 Å². The second-order valence-corrected chi connectivity index (χ2v) is 5.39. The molecule has 0 aliphatic heterocycles. The summed E-state index contributed by atoms with van der Waals surface area (Å²) in [5, 5.41) is 9.81. The molecule has 0 saturated heterocycles. The summed E-state index contributed by atoms with van der Waals surface area (Å²) in [5.41, 5.74) is 7.58. The normalized spacial score (nSPS) is 10.6. The molecule has 1 aromatic heterocycles. The Kier molecular flexibility index (Phi) is 6.53. The van der Waals surface area contributed by atoms with Crippen molar-refractivity contribution in [3.05, 3.63) is 29.6 Å². The Morgan fingerprint density at radius 2 is 2.33 bits per heavy atom. The molecule has 0 spiro atoms. The number of thioether (sulfide) groups is 1. The van der Waals surface area contributed by atoms with E-state index in [2.05, 4.69) is 35.4 Å². The number of pyridine rings is 1. The van der Waals surface area contributed by atoms with Crippen LogP contribution in [-0.2, 0) is 12.3 Å². The van der Waals surface area contributed by atoms with Gasteiger partial charge < -0.3 is 16.0 Å². The summed E-state index contributed by atoms with van der Waals surface area (Å²) in [5.74, 6) is 1.83. The summed E-state index contributed by atoms with van der Waals surface area (Å²) in [6, 6.07) is 4.19. The molecule has 1 rings (SSSR count). The monoisotopic (exact) mass is 267 g/mol. The van der Waals surface area contributed by atoms with Gasteiger partial charge in [-0.2, -0.15) is 11.8 Å². The summed E-state index contributed by atoms with van der Waals surface area (Å²) in [6.07, 6.45) is 1.86. The number of aromatic nitrogens is 1. The molecular weight excluding hydrogens is 246 g/mol. The molecule has 0 unspecified atom stereocenters. The van der Waals surface area contributed by atoms with Gasteiger partial charge in [0.1, 0.15) is 0 Å². The van der Waals surface area contributed by atoms with Crippen LogP contribution in [0.25, 0.3) is 0 Å². The van der Waals surface area contributed by atoms with Crippen molar-refractivity contribution in [1.82, 2.24) is 15.2 Å². The molecule has 4 N–H and O–H groups in total. The van der Waals surface area contributed by atoms with Crippen molar-refractivity contribution in [1.29, 1.82) is 5.41 Å². The minimum Gasteiger partial charge on any atom is -0.370 e. The van der Waals surface area contributed by atoms with E-state index in [0.29, 0.717) is 0 Å². The van der Waals surface area contributed by atoms with Gasteiger partial charge in [0.05, 0.1) is 5.69 Å². The fourth-order valence-electron chi connectivity index (χ4n) is 1.51. The predicted octanol–water partition coefficient (Wildman–Crippen LogP) is 0.859. The van der Waals surface area contributed by atoms with E-state index in [-0.39, 0.29) is 5.96 Å². The zero-order valence-corrected chi connectivity index (χ0v) is 11.8. The third-order valence-electron chi connectivity index (χ3n) is 2.19. The molecule has 1 aromatic rings. The summed E-state index contributed by atoms with van der Waals surface area (Å²) < 4.78 is 0. The van der Waals surface area contributed by atoms with E-state index in [4.69, 9.17) is 11.1 Å². The Morgan fingerprint density at radius 3 is 3.00 bits per heavy atom. The van der Waals surface area contributed by atoms with Crippen LogP contribution in [0.1, 0.15) is 11.3 Å². The molecule has 0 radical (unpaired) electrons. The fourth-order valence-corrected chi connectivity index (χ4v) is 2.26. The van der Waals surface area contributed by atoms with Gasteiger partial charge in [-0.3, -0.25) is 10.4 Å². The Labute approximate surface area is 113 Å². The number of hydrogen-bond donors (Lipinski definition) is 3. The number of hydrogen-bond acceptors (Lipinski definition) is 4. The second kappa shape index (κ2) is 7.94. The summed E-state index contributed by atoms with van der Waals surface area (Å²) in [4.78, 5) is 6.49. The van der Waals surface area contributed by atoms with Crippen molar-refractivity contribution in [3.8, 4) is 0 Å². The maximum atomic E-state index is 7.03. The minimum absolute atomic E-state index is 0.0294. The van der Waals surface area contributed by atoms with Crippen molar-refractivity contribution in [2.45, 2.75) is 12.3 Å². The van der Waals surface area contributed by atoms with Crippen molar-refractivity contribution >= 4 is 17.7 Å². The Hall–Kier alpha value is -1.27. The van der Waals surface area contributed by atoms with Gasteiger partial charge in [-0.05, 0) is 31.8 Å². The molecular formula is C12H21N5S. The van der Waals surface area contributed by atoms with Crippen molar-refractivity contribution in [3.63, 3.8) is 0 Å². The highest BCUT2D eigenvalue weighted by Crippen LogP contribution is 2.11. The maximum absolute atomic E-state index is 7.03. The highest BCUT2D eigenvalue weighted by molar-refractivity contribution is 7.98. The second-order valence-electron chi connectivity index (χ2n) is 4.29. The van der Waals surface area contributed by atoms with Gasteiger partial charge in [-0.25, -0.2) is 0 Å². The Morgan fingerprint density at radius 1 is 1.56 bits per heavy atom. The van der Waals surface area contributed by atoms with Crippen molar-refractivity contribution < 1.29 is 0 Å². The van der Waals surface area contributed by atoms with Gasteiger partial charge >= 0.3 is 0 Å². The van der Waals surface area contributed by atoms with Crippen molar-refractivity contribution in [2.75, 3.05) is 26.4 Å². The van der Waals surface area contributed by atoms with Crippen LogP contribution in [0.15, 0.2) is 18.3 Å². The van der Waals surface area contributed by atoms with Crippen LogP contribution >= 0.6 is 11.8 Å². The van der Waals surface area contributed by atoms with E-state index < -0.39 is 0 Å². The topological polar surface area (TPSA) is 78.0 Å². The standard InChI is InChI=1S/C12H21N5S/c1-17(2)8-10-3-4-15-11(7-10)9-18-6-5-16-12(13)14/h3-4,7H,5-6,8-9H2,1-2H3,(H4,13,14,16). The summed E-state index contributed by atoms with van der Waals surface area (Å²) in [6.45, 7) is 1.66. The largest absolute Gasteiger partial charge is 0.370 e. The van der Waals surface area contributed by atoms with E-state index in [9.17, 15) is 0 Å². The Bertz CT molecular complexity index is 380. The third kappa shape index (κ3) is 6.46. The first-order valence-corrected chi connectivity index (χ1v) is 6.97. The zero-order valence-electron chi connectivity index (χ0n) is 10.9. The minimum atomic E-state index is 0.0294. The maximum Gasteiger partial charge on any atom is 0.185 e. The van der Waals surface area contributed by atoms with Gasteiger partial charge in [0.2, 0.25) is 0 Å². The highest BCUT2D eigenvalue weighted by atomic mass is 32.2. The quantitative estimate of drug-likeness (QED) is 0.388. The molecule has 5 nitrogen and oxygen atoms in total.